The fraction of sp³-hybridized carbons (Fsp3) is 0.179. The lowest BCUT2D eigenvalue weighted by Crippen LogP contribution is -2.19. The maximum atomic E-state index is 11.9. The van der Waals surface area contributed by atoms with Crippen LogP contribution in [-0.4, -0.2) is 32.5 Å². The van der Waals surface area contributed by atoms with Crippen molar-refractivity contribution in [2.24, 2.45) is 0 Å². The third kappa shape index (κ3) is 5.26. The summed E-state index contributed by atoms with van der Waals surface area (Å²) in [5, 5.41) is 0.658. The normalized spacial score (nSPS) is 12.1. The molecule has 0 aliphatic carbocycles. The van der Waals surface area contributed by atoms with E-state index >= 15 is 0 Å². The van der Waals surface area contributed by atoms with Gasteiger partial charge in [-0.1, -0.05) is 49.4 Å². The molecule has 0 saturated carbocycles. The summed E-state index contributed by atoms with van der Waals surface area (Å²) in [7, 11) is 1.33. The van der Waals surface area contributed by atoms with Crippen LogP contribution in [-0.2, 0) is 11.2 Å². The van der Waals surface area contributed by atoms with Gasteiger partial charge in [0, 0.05) is 47.7 Å². The molecule has 1 aromatic carbocycles. The Kier molecular flexibility index (Phi) is 7.41. The minimum Gasteiger partial charge on any atom is -0.452 e. The van der Waals surface area contributed by atoms with Crippen molar-refractivity contribution in [3.63, 3.8) is 0 Å². The molecular weight excluding hydrogens is 474 g/mol. The van der Waals surface area contributed by atoms with Crippen LogP contribution in [0.1, 0.15) is 35.4 Å². The van der Waals surface area contributed by atoms with Crippen LogP contribution in [0.25, 0.3) is 16.8 Å². The highest BCUT2D eigenvalue weighted by Crippen LogP contribution is 2.32. The van der Waals surface area contributed by atoms with Gasteiger partial charge < -0.3 is 14.9 Å². The SMILES string of the molecule is C=CN(/C=C\C(C)c1c(C)nc2c(-c3cccc(Cl)c3)cc(Cc3ccc(N)nc3)cn12)C(=O)OC. The minimum atomic E-state index is -0.508. The first-order valence-electron chi connectivity index (χ1n) is 11.5. The molecule has 7 nitrogen and oxygen atoms in total. The first-order chi connectivity index (χ1) is 17.3. The van der Waals surface area contributed by atoms with Crippen molar-refractivity contribution < 1.29 is 9.53 Å². The molecule has 4 rings (SSSR count). The van der Waals surface area contributed by atoms with Crippen molar-refractivity contribution in [1.29, 1.82) is 0 Å². The fourth-order valence-electron chi connectivity index (χ4n) is 4.24. The van der Waals surface area contributed by atoms with Crippen LogP contribution >= 0.6 is 11.6 Å². The Bertz CT molecular complexity index is 1440. The van der Waals surface area contributed by atoms with Gasteiger partial charge in [-0.3, -0.25) is 4.90 Å². The zero-order valence-corrected chi connectivity index (χ0v) is 21.2. The highest BCUT2D eigenvalue weighted by Gasteiger charge is 2.19. The topological polar surface area (TPSA) is 85.8 Å². The summed E-state index contributed by atoms with van der Waals surface area (Å²) in [6.07, 6.45) is 9.04. The number of fused-ring (bicyclic) bond motifs is 1. The van der Waals surface area contributed by atoms with Crippen molar-refractivity contribution in [2.75, 3.05) is 12.8 Å². The van der Waals surface area contributed by atoms with Gasteiger partial charge >= 0.3 is 6.09 Å². The first-order valence-corrected chi connectivity index (χ1v) is 11.8. The number of nitrogen functional groups attached to an aromatic ring is 1. The van der Waals surface area contributed by atoms with E-state index in [9.17, 15) is 4.79 Å². The number of hydrogen-bond acceptors (Lipinski definition) is 5. The number of aryl methyl sites for hydroxylation is 1. The number of aromatic nitrogens is 3. The number of ether oxygens (including phenoxy) is 1. The van der Waals surface area contributed by atoms with Crippen molar-refractivity contribution >= 4 is 29.2 Å². The molecule has 2 N–H and O–H groups in total. The number of halogens is 1. The number of amides is 1. The van der Waals surface area contributed by atoms with E-state index in [1.54, 1.807) is 18.5 Å². The molecule has 8 heteroatoms. The van der Waals surface area contributed by atoms with Crippen molar-refractivity contribution in [3.05, 3.63) is 107 Å². The monoisotopic (exact) mass is 501 g/mol. The van der Waals surface area contributed by atoms with E-state index in [0.29, 0.717) is 17.3 Å². The van der Waals surface area contributed by atoms with E-state index in [1.807, 2.05) is 43.3 Å². The second-order valence-electron chi connectivity index (χ2n) is 8.51. The molecule has 0 fully saturated rings. The molecule has 0 radical (unpaired) electrons. The zero-order valence-electron chi connectivity index (χ0n) is 20.5. The molecule has 1 unspecified atom stereocenters. The number of pyridine rings is 2. The molecular formula is C28H28ClN5O2. The van der Waals surface area contributed by atoms with Gasteiger partial charge in [0.05, 0.1) is 18.5 Å². The number of hydrogen-bond donors (Lipinski definition) is 1. The Morgan fingerprint density at radius 2 is 2.08 bits per heavy atom. The molecule has 184 valence electrons. The number of methoxy groups -OCH3 is 1. The number of carbonyl (C=O) groups excluding carboxylic acids is 1. The van der Waals surface area contributed by atoms with Crippen LogP contribution in [0.3, 0.4) is 0 Å². The van der Waals surface area contributed by atoms with Crippen molar-refractivity contribution in [2.45, 2.75) is 26.2 Å². The van der Waals surface area contributed by atoms with E-state index in [-0.39, 0.29) is 5.92 Å². The van der Waals surface area contributed by atoms with Gasteiger partial charge in [0.2, 0.25) is 0 Å². The maximum absolute atomic E-state index is 11.9. The summed E-state index contributed by atoms with van der Waals surface area (Å²) in [4.78, 5) is 22.4. The quantitative estimate of drug-likeness (QED) is 0.318. The van der Waals surface area contributed by atoms with Crippen LogP contribution in [0.15, 0.2) is 79.9 Å². The van der Waals surface area contributed by atoms with Crippen molar-refractivity contribution in [3.8, 4) is 11.1 Å². The zero-order chi connectivity index (χ0) is 25.8. The van der Waals surface area contributed by atoms with Gasteiger partial charge in [-0.05, 0) is 47.9 Å². The fourth-order valence-corrected chi connectivity index (χ4v) is 4.43. The van der Waals surface area contributed by atoms with E-state index in [4.69, 9.17) is 27.1 Å². The maximum Gasteiger partial charge on any atom is 0.417 e. The number of imidazole rings is 1. The summed E-state index contributed by atoms with van der Waals surface area (Å²) in [6.45, 7) is 7.73. The average molecular weight is 502 g/mol. The summed E-state index contributed by atoms with van der Waals surface area (Å²) in [5.41, 5.74) is 12.6. The third-order valence-electron chi connectivity index (χ3n) is 5.94. The molecule has 0 aliphatic heterocycles. The Hall–Kier alpha value is -4.10. The molecule has 0 bridgehead atoms. The molecule has 0 aliphatic rings. The Morgan fingerprint density at radius 1 is 1.28 bits per heavy atom. The summed E-state index contributed by atoms with van der Waals surface area (Å²) in [6, 6.07) is 13.7. The predicted molar refractivity (Wildman–Crippen MR) is 144 cm³/mol. The Balaban J connectivity index is 1.84. The molecule has 0 saturated heterocycles. The molecule has 3 aromatic heterocycles. The van der Waals surface area contributed by atoms with Crippen LogP contribution < -0.4 is 5.73 Å². The molecule has 36 heavy (non-hydrogen) atoms. The average Bonchev–Trinajstić information content (AvgIpc) is 3.20. The number of rotatable bonds is 7. The van der Waals surface area contributed by atoms with Gasteiger partial charge in [0.25, 0.3) is 0 Å². The van der Waals surface area contributed by atoms with Gasteiger partial charge in [0.15, 0.2) is 0 Å². The summed E-state index contributed by atoms with van der Waals surface area (Å²) >= 11 is 6.33. The number of allylic oxidation sites excluding steroid dienone is 1. The van der Waals surface area contributed by atoms with Crippen LogP contribution in [0.4, 0.5) is 10.6 Å². The number of benzene rings is 1. The summed E-state index contributed by atoms with van der Waals surface area (Å²) in [5.74, 6) is 0.426. The lowest BCUT2D eigenvalue weighted by atomic mass is 10.0. The van der Waals surface area contributed by atoms with Crippen LogP contribution in [0.2, 0.25) is 5.02 Å². The standard InChI is InChI=1S/C28H28ClN5O2/c1-5-33(28(35)36-4)12-11-18(2)26-19(3)32-27-24(22-7-6-8-23(29)15-22)14-21(17-34(26)27)13-20-9-10-25(30)31-16-20/h5-12,14-18H,1,13H2,2-4H3,(H2,30,31)/b12-11-. The number of carbonyl (C=O) groups is 1. The molecule has 1 atom stereocenters. The molecule has 1 amide bonds. The van der Waals surface area contributed by atoms with E-state index in [1.165, 1.54) is 18.2 Å². The lowest BCUT2D eigenvalue weighted by molar-refractivity contribution is 0.152. The van der Waals surface area contributed by atoms with Crippen molar-refractivity contribution in [1.82, 2.24) is 19.3 Å². The first kappa shape index (κ1) is 25.0. The third-order valence-corrected chi connectivity index (χ3v) is 6.17. The Morgan fingerprint density at radius 3 is 2.75 bits per heavy atom. The van der Waals surface area contributed by atoms with Gasteiger partial charge in [-0.2, -0.15) is 0 Å². The van der Waals surface area contributed by atoms with E-state index in [0.717, 1.165) is 39.3 Å². The molecule has 3 heterocycles. The highest BCUT2D eigenvalue weighted by atomic mass is 35.5. The van der Waals surface area contributed by atoms with E-state index < -0.39 is 6.09 Å². The molecule has 4 aromatic rings. The van der Waals surface area contributed by atoms with E-state index in [2.05, 4.69) is 35.2 Å². The van der Waals surface area contributed by atoms with Gasteiger partial charge in [-0.25, -0.2) is 14.8 Å². The number of nitrogens with two attached hydrogens (primary N) is 1. The van der Waals surface area contributed by atoms with Crippen LogP contribution in [0, 0.1) is 6.92 Å². The second kappa shape index (κ2) is 10.7. The second-order valence-corrected chi connectivity index (χ2v) is 8.94. The molecule has 0 spiro atoms. The summed E-state index contributed by atoms with van der Waals surface area (Å²) < 4.78 is 6.92. The highest BCUT2D eigenvalue weighted by molar-refractivity contribution is 6.30. The van der Waals surface area contributed by atoms with Gasteiger partial charge in [0.1, 0.15) is 11.5 Å². The van der Waals surface area contributed by atoms with Gasteiger partial charge in [-0.15, -0.1) is 0 Å². The number of nitrogens with zero attached hydrogens (tertiary/aromatic N) is 4. The predicted octanol–water partition coefficient (Wildman–Crippen LogP) is 6.36. The smallest absolute Gasteiger partial charge is 0.417 e. The van der Waals surface area contributed by atoms with Crippen LogP contribution in [0.5, 0.6) is 0 Å². The Labute approximate surface area is 215 Å². The lowest BCUT2D eigenvalue weighted by Gasteiger charge is -2.15. The largest absolute Gasteiger partial charge is 0.452 e. The minimum absolute atomic E-state index is 0.0623. The number of anilines is 1.